The Morgan fingerprint density at radius 3 is 2.27 bits per heavy atom. The van der Waals surface area contributed by atoms with Crippen LogP contribution in [0, 0.1) is 12.7 Å². The van der Waals surface area contributed by atoms with Crippen LogP contribution in [-0.2, 0) is 20.5 Å². The second-order valence-corrected chi connectivity index (χ2v) is 11.2. The zero-order valence-electron chi connectivity index (χ0n) is 21.7. The summed E-state index contributed by atoms with van der Waals surface area (Å²) in [5.74, 6) is -0.605. The number of halogens is 4. The molecule has 5 rings (SSSR count). The van der Waals surface area contributed by atoms with E-state index in [0.29, 0.717) is 10.9 Å². The van der Waals surface area contributed by atoms with Gasteiger partial charge in [0.2, 0.25) is 0 Å². The van der Waals surface area contributed by atoms with Gasteiger partial charge in [-0.2, -0.15) is 21.6 Å². The van der Waals surface area contributed by atoms with Gasteiger partial charge in [0, 0.05) is 22.7 Å². The highest BCUT2D eigenvalue weighted by Crippen LogP contribution is 2.41. The molecule has 0 saturated carbocycles. The summed E-state index contributed by atoms with van der Waals surface area (Å²) in [6, 6.07) is 22.1. The largest absolute Gasteiger partial charge is 0.417 e. The molecule has 1 aromatic heterocycles. The third-order valence-electron chi connectivity index (χ3n) is 6.82. The van der Waals surface area contributed by atoms with E-state index in [1.54, 1.807) is 49.4 Å². The molecule has 0 bridgehead atoms. The van der Waals surface area contributed by atoms with Crippen molar-refractivity contribution in [2.24, 2.45) is 0 Å². The molecular formula is C31H25F4NO4S. The monoisotopic (exact) mass is 583 g/mol. The molecule has 10 heteroatoms. The molecule has 0 aliphatic heterocycles. The van der Waals surface area contributed by atoms with Gasteiger partial charge in [0.25, 0.3) is 10.1 Å². The Balaban J connectivity index is 1.62. The van der Waals surface area contributed by atoms with Crippen molar-refractivity contribution in [3.05, 3.63) is 126 Å². The molecule has 2 unspecified atom stereocenters. The summed E-state index contributed by atoms with van der Waals surface area (Å²) >= 11 is 0. The first-order chi connectivity index (χ1) is 19.5. The average Bonchev–Trinajstić information content (AvgIpc) is 3.31. The molecule has 1 heterocycles. The van der Waals surface area contributed by atoms with Crippen molar-refractivity contribution in [1.29, 1.82) is 0 Å². The van der Waals surface area contributed by atoms with Gasteiger partial charge in [0.15, 0.2) is 0 Å². The van der Waals surface area contributed by atoms with Crippen LogP contribution >= 0.6 is 0 Å². The fraction of sp³-hybridized carbons (Fsp3) is 0.161. The minimum atomic E-state index is -4.63. The first kappa shape index (κ1) is 28.5. The van der Waals surface area contributed by atoms with E-state index in [-0.39, 0.29) is 21.6 Å². The Morgan fingerprint density at radius 2 is 1.56 bits per heavy atom. The Morgan fingerprint density at radius 1 is 0.878 bits per heavy atom. The van der Waals surface area contributed by atoms with Gasteiger partial charge in [0.1, 0.15) is 11.9 Å². The number of hydrogen-bond donors (Lipinski definition) is 1. The lowest BCUT2D eigenvalue weighted by molar-refractivity contribution is -0.137. The molecule has 0 spiro atoms. The van der Waals surface area contributed by atoms with E-state index in [1.807, 2.05) is 0 Å². The molecule has 0 radical (unpaired) electrons. The summed E-state index contributed by atoms with van der Waals surface area (Å²) in [6.45, 7) is 1.10. The van der Waals surface area contributed by atoms with Crippen molar-refractivity contribution >= 4 is 21.0 Å². The van der Waals surface area contributed by atoms with Gasteiger partial charge in [-0.15, -0.1) is 0 Å². The molecular weight excluding hydrogens is 558 g/mol. The van der Waals surface area contributed by atoms with Crippen LogP contribution in [0.4, 0.5) is 17.6 Å². The Hall–Kier alpha value is -3.99. The third kappa shape index (κ3) is 5.90. The van der Waals surface area contributed by atoms with E-state index in [0.717, 1.165) is 11.6 Å². The molecule has 0 aliphatic rings. The molecule has 212 valence electrons. The summed E-state index contributed by atoms with van der Waals surface area (Å²) in [4.78, 5) is -0.102. The summed E-state index contributed by atoms with van der Waals surface area (Å²) in [5.41, 5.74) is 0.909. The van der Waals surface area contributed by atoms with E-state index < -0.39 is 46.4 Å². The molecule has 0 saturated heterocycles. The fourth-order valence-electron chi connectivity index (χ4n) is 4.90. The van der Waals surface area contributed by atoms with Gasteiger partial charge in [0.05, 0.1) is 23.1 Å². The summed E-state index contributed by atoms with van der Waals surface area (Å²) in [6.07, 6.45) is -4.71. The third-order valence-corrected chi connectivity index (χ3v) is 8.12. The Bertz CT molecular complexity index is 1800. The lowest BCUT2D eigenvalue weighted by Gasteiger charge is -2.26. The number of rotatable bonds is 8. The number of fused-ring (bicyclic) bond motifs is 1. The van der Waals surface area contributed by atoms with E-state index in [4.69, 9.17) is 4.18 Å². The highest BCUT2D eigenvalue weighted by Gasteiger charge is 2.35. The standard InChI is InChI=1S/C31H25F4NO4S/c1-20-13-15-23(16-14-20)41(38,39)40-19-29(37)30(21-7-6-8-22(32)17-21)36-18-26(25-10-3-5-12-28(25)36)24-9-2-4-11-27(24)31(33,34)35/h2-18,29-30,37H,19H2,1H3. The van der Waals surface area contributed by atoms with Crippen LogP contribution in [0.15, 0.2) is 108 Å². The van der Waals surface area contributed by atoms with E-state index in [2.05, 4.69) is 0 Å². The van der Waals surface area contributed by atoms with Crippen LogP contribution in [0.2, 0.25) is 0 Å². The first-order valence-corrected chi connectivity index (χ1v) is 14.0. The summed E-state index contributed by atoms with van der Waals surface area (Å²) in [5, 5.41) is 11.8. The predicted octanol–water partition coefficient (Wildman–Crippen LogP) is 7.13. The Kier molecular flexibility index (Phi) is 7.74. The van der Waals surface area contributed by atoms with Gasteiger partial charge in [-0.05, 0) is 54.4 Å². The first-order valence-electron chi connectivity index (χ1n) is 12.6. The average molecular weight is 584 g/mol. The van der Waals surface area contributed by atoms with Gasteiger partial charge < -0.3 is 9.67 Å². The zero-order valence-corrected chi connectivity index (χ0v) is 22.5. The van der Waals surface area contributed by atoms with Crippen molar-refractivity contribution in [3.63, 3.8) is 0 Å². The van der Waals surface area contributed by atoms with Gasteiger partial charge in [-0.25, -0.2) is 4.39 Å². The van der Waals surface area contributed by atoms with E-state index in [1.165, 1.54) is 59.3 Å². The highest BCUT2D eigenvalue weighted by molar-refractivity contribution is 7.86. The van der Waals surface area contributed by atoms with Gasteiger partial charge in [-0.1, -0.05) is 66.2 Å². The molecule has 0 amide bonds. The second kappa shape index (κ2) is 11.1. The molecule has 41 heavy (non-hydrogen) atoms. The van der Waals surface area contributed by atoms with Crippen molar-refractivity contribution in [3.8, 4) is 11.1 Å². The number of aliphatic hydroxyl groups excluding tert-OH is 1. The van der Waals surface area contributed by atoms with E-state index in [9.17, 15) is 31.1 Å². The summed E-state index contributed by atoms with van der Waals surface area (Å²) < 4.78 is 88.6. The molecule has 4 aromatic carbocycles. The number of para-hydroxylation sites is 1. The predicted molar refractivity (Wildman–Crippen MR) is 147 cm³/mol. The van der Waals surface area contributed by atoms with Crippen LogP contribution in [0.3, 0.4) is 0 Å². The quantitative estimate of drug-likeness (QED) is 0.156. The lowest BCUT2D eigenvalue weighted by Crippen LogP contribution is -2.30. The van der Waals surface area contributed by atoms with Crippen molar-refractivity contribution in [2.45, 2.75) is 30.1 Å². The molecule has 2 atom stereocenters. The Labute approximate surface area is 234 Å². The second-order valence-electron chi connectivity index (χ2n) is 9.63. The smallest absolute Gasteiger partial charge is 0.388 e. The van der Waals surface area contributed by atoms with Crippen LogP contribution in [0.1, 0.15) is 22.7 Å². The fourth-order valence-corrected chi connectivity index (χ4v) is 5.82. The highest BCUT2D eigenvalue weighted by atomic mass is 32.2. The number of benzene rings is 4. The van der Waals surface area contributed by atoms with Crippen molar-refractivity contribution < 1.29 is 35.3 Å². The number of aromatic nitrogens is 1. The van der Waals surface area contributed by atoms with Crippen LogP contribution in [-0.4, -0.2) is 30.8 Å². The molecule has 5 nitrogen and oxygen atoms in total. The van der Waals surface area contributed by atoms with Crippen LogP contribution in [0.25, 0.3) is 22.0 Å². The van der Waals surface area contributed by atoms with Crippen LogP contribution in [0.5, 0.6) is 0 Å². The topological polar surface area (TPSA) is 68.5 Å². The normalized spacial score (nSPS) is 13.8. The van der Waals surface area contributed by atoms with Crippen LogP contribution < -0.4 is 0 Å². The van der Waals surface area contributed by atoms with E-state index >= 15 is 0 Å². The SMILES string of the molecule is Cc1ccc(S(=O)(=O)OCC(O)C(c2cccc(F)c2)n2cc(-c3ccccc3C(F)(F)F)c3ccccc32)cc1. The minimum absolute atomic E-state index is 0.0689. The lowest BCUT2D eigenvalue weighted by atomic mass is 9.99. The maximum absolute atomic E-state index is 14.4. The zero-order chi connectivity index (χ0) is 29.4. The minimum Gasteiger partial charge on any atom is -0.388 e. The molecule has 0 fully saturated rings. The molecule has 1 N–H and O–H groups in total. The number of nitrogens with zero attached hydrogens (tertiary/aromatic N) is 1. The maximum Gasteiger partial charge on any atom is 0.417 e. The number of alkyl halides is 3. The van der Waals surface area contributed by atoms with Crippen molar-refractivity contribution in [2.75, 3.05) is 6.61 Å². The van der Waals surface area contributed by atoms with Gasteiger partial charge in [-0.3, -0.25) is 4.18 Å². The maximum atomic E-state index is 14.4. The molecule has 5 aromatic rings. The van der Waals surface area contributed by atoms with Gasteiger partial charge >= 0.3 is 6.18 Å². The number of hydrogen-bond acceptors (Lipinski definition) is 4. The summed E-state index contributed by atoms with van der Waals surface area (Å²) in [7, 11) is -4.25. The number of aryl methyl sites for hydroxylation is 1. The van der Waals surface area contributed by atoms with Crippen molar-refractivity contribution in [1.82, 2.24) is 4.57 Å². The molecule has 0 aliphatic carbocycles. The number of aliphatic hydroxyl groups is 1.